The fourth-order valence-corrected chi connectivity index (χ4v) is 3.72. The van der Waals surface area contributed by atoms with Crippen LogP contribution in [0.3, 0.4) is 0 Å². The van der Waals surface area contributed by atoms with Crippen LogP contribution in [0.1, 0.15) is 31.2 Å². The highest BCUT2D eigenvalue weighted by atomic mass is 32.1. The van der Waals surface area contributed by atoms with Crippen molar-refractivity contribution in [3.8, 4) is 0 Å². The summed E-state index contributed by atoms with van der Waals surface area (Å²) in [6, 6.07) is 10.1. The van der Waals surface area contributed by atoms with Gasteiger partial charge in [-0.3, -0.25) is 9.59 Å². The Labute approximate surface area is 156 Å². The summed E-state index contributed by atoms with van der Waals surface area (Å²) >= 11 is 1.25. The second-order valence-corrected chi connectivity index (χ2v) is 7.07. The maximum absolute atomic E-state index is 12.4. The van der Waals surface area contributed by atoms with Gasteiger partial charge in [0.05, 0.1) is 5.60 Å². The number of hydrogen-bond acceptors (Lipinski definition) is 6. The highest BCUT2D eigenvalue weighted by Gasteiger charge is 2.37. The SMILES string of the molecule is COC1(c2ccccc2)CCN(C(=O)CCC(=O)Nc2nncs2)CC1. The van der Waals surface area contributed by atoms with Crippen molar-refractivity contribution in [3.05, 3.63) is 41.4 Å². The van der Waals surface area contributed by atoms with E-state index in [1.165, 1.54) is 11.3 Å². The van der Waals surface area contributed by atoms with Crippen molar-refractivity contribution in [2.75, 3.05) is 25.5 Å². The number of aromatic nitrogens is 2. The first kappa shape index (κ1) is 18.5. The zero-order chi connectivity index (χ0) is 18.4. The molecule has 0 saturated carbocycles. The molecule has 1 fully saturated rings. The number of piperidine rings is 1. The van der Waals surface area contributed by atoms with E-state index in [0.717, 1.165) is 18.4 Å². The number of benzene rings is 1. The lowest BCUT2D eigenvalue weighted by molar-refractivity contribution is -0.138. The molecule has 0 atom stereocenters. The van der Waals surface area contributed by atoms with E-state index in [1.54, 1.807) is 12.6 Å². The number of rotatable bonds is 6. The van der Waals surface area contributed by atoms with Gasteiger partial charge in [-0.05, 0) is 18.4 Å². The predicted octanol–water partition coefficient (Wildman–Crippen LogP) is 2.42. The summed E-state index contributed by atoms with van der Waals surface area (Å²) in [7, 11) is 1.72. The van der Waals surface area contributed by atoms with E-state index in [4.69, 9.17) is 4.74 Å². The topological polar surface area (TPSA) is 84.4 Å². The lowest BCUT2D eigenvalue weighted by atomic mass is 9.84. The summed E-state index contributed by atoms with van der Waals surface area (Å²) in [6.07, 6.45) is 1.82. The molecular formula is C18H22N4O3S. The third kappa shape index (κ3) is 4.25. The number of methoxy groups -OCH3 is 1. The van der Waals surface area contributed by atoms with Crippen LogP contribution in [0.5, 0.6) is 0 Å². The highest BCUT2D eigenvalue weighted by molar-refractivity contribution is 7.13. The maximum atomic E-state index is 12.4. The molecule has 0 aliphatic carbocycles. The van der Waals surface area contributed by atoms with Gasteiger partial charge in [0, 0.05) is 33.0 Å². The van der Waals surface area contributed by atoms with Gasteiger partial charge >= 0.3 is 0 Å². The fraction of sp³-hybridized carbons (Fsp3) is 0.444. The van der Waals surface area contributed by atoms with Crippen molar-refractivity contribution in [1.82, 2.24) is 15.1 Å². The molecule has 1 saturated heterocycles. The van der Waals surface area contributed by atoms with Crippen LogP contribution < -0.4 is 5.32 Å². The lowest BCUT2D eigenvalue weighted by Gasteiger charge is -2.41. The molecule has 7 nitrogen and oxygen atoms in total. The van der Waals surface area contributed by atoms with E-state index in [2.05, 4.69) is 27.6 Å². The quantitative estimate of drug-likeness (QED) is 0.839. The average Bonchev–Trinajstić information content (AvgIpc) is 3.20. The molecule has 0 spiro atoms. The van der Waals surface area contributed by atoms with Crippen LogP contribution in [0.25, 0.3) is 0 Å². The molecule has 138 valence electrons. The molecule has 1 aliphatic heterocycles. The average molecular weight is 374 g/mol. The number of carbonyl (C=O) groups excluding carboxylic acids is 2. The van der Waals surface area contributed by atoms with E-state index >= 15 is 0 Å². The standard InChI is InChI=1S/C18H22N4O3S/c1-25-18(14-5-3-2-4-6-14)9-11-22(12-10-18)16(24)8-7-15(23)20-17-21-19-13-26-17/h2-6,13H,7-12H2,1H3,(H,20,21,23). The Hall–Kier alpha value is -2.32. The summed E-state index contributed by atoms with van der Waals surface area (Å²) in [4.78, 5) is 26.1. The Morgan fingerprint density at radius 1 is 1.23 bits per heavy atom. The van der Waals surface area contributed by atoms with Gasteiger partial charge in [-0.15, -0.1) is 10.2 Å². The largest absolute Gasteiger partial charge is 0.373 e. The second-order valence-electron chi connectivity index (χ2n) is 6.24. The number of amides is 2. The van der Waals surface area contributed by atoms with Gasteiger partial charge in [-0.1, -0.05) is 41.7 Å². The minimum Gasteiger partial charge on any atom is -0.373 e. The molecule has 1 aromatic carbocycles. The zero-order valence-corrected chi connectivity index (χ0v) is 15.5. The van der Waals surface area contributed by atoms with Gasteiger partial charge in [0.2, 0.25) is 16.9 Å². The van der Waals surface area contributed by atoms with Crippen molar-refractivity contribution >= 4 is 28.3 Å². The van der Waals surface area contributed by atoms with E-state index in [1.807, 2.05) is 23.1 Å². The summed E-state index contributed by atoms with van der Waals surface area (Å²) in [5.41, 5.74) is 2.35. The number of hydrogen-bond donors (Lipinski definition) is 1. The van der Waals surface area contributed by atoms with Gasteiger partial charge < -0.3 is 15.0 Å². The molecule has 2 heterocycles. The number of anilines is 1. The molecular weight excluding hydrogens is 352 g/mol. The van der Waals surface area contributed by atoms with Gasteiger partial charge in [-0.25, -0.2) is 0 Å². The molecule has 1 aromatic heterocycles. The maximum Gasteiger partial charge on any atom is 0.226 e. The van der Waals surface area contributed by atoms with Crippen LogP contribution in [0.15, 0.2) is 35.8 Å². The van der Waals surface area contributed by atoms with Gasteiger partial charge in [0.25, 0.3) is 0 Å². The molecule has 8 heteroatoms. The van der Waals surface area contributed by atoms with Crippen molar-refractivity contribution in [2.24, 2.45) is 0 Å². The summed E-state index contributed by atoms with van der Waals surface area (Å²) in [6.45, 7) is 1.25. The number of nitrogens with zero attached hydrogens (tertiary/aromatic N) is 3. The lowest BCUT2D eigenvalue weighted by Crippen LogP contribution is -2.46. The Morgan fingerprint density at radius 3 is 2.58 bits per heavy atom. The summed E-state index contributed by atoms with van der Waals surface area (Å²) in [5.74, 6) is -0.224. The third-order valence-electron chi connectivity index (χ3n) is 4.79. The predicted molar refractivity (Wildman–Crippen MR) is 98.7 cm³/mol. The molecule has 26 heavy (non-hydrogen) atoms. The van der Waals surface area contributed by atoms with Crippen LogP contribution in [0.4, 0.5) is 5.13 Å². The number of likely N-dealkylation sites (tertiary alicyclic amines) is 1. The van der Waals surface area contributed by atoms with Crippen molar-refractivity contribution in [3.63, 3.8) is 0 Å². The van der Waals surface area contributed by atoms with Gasteiger partial charge in [0.15, 0.2) is 0 Å². The minimum atomic E-state index is -0.340. The first-order valence-corrected chi connectivity index (χ1v) is 9.45. The molecule has 0 radical (unpaired) electrons. The van der Waals surface area contributed by atoms with E-state index in [0.29, 0.717) is 18.2 Å². The van der Waals surface area contributed by atoms with Crippen LogP contribution >= 0.6 is 11.3 Å². The van der Waals surface area contributed by atoms with E-state index in [-0.39, 0.29) is 30.3 Å². The van der Waals surface area contributed by atoms with Gasteiger partial charge in [-0.2, -0.15) is 0 Å². The minimum absolute atomic E-state index is 0.00446. The van der Waals surface area contributed by atoms with E-state index in [9.17, 15) is 9.59 Å². The van der Waals surface area contributed by atoms with Crippen molar-refractivity contribution in [1.29, 1.82) is 0 Å². The van der Waals surface area contributed by atoms with Gasteiger partial charge in [0.1, 0.15) is 5.51 Å². The molecule has 0 unspecified atom stereocenters. The van der Waals surface area contributed by atoms with Crippen LogP contribution in [-0.4, -0.2) is 47.1 Å². The number of nitrogens with one attached hydrogen (secondary N) is 1. The first-order valence-electron chi connectivity index (χ1n) is 8.57. The molecule has 2 aromatic rings. The van der Waals surface area contributed by atoms with Crippen molar-refractivity contribution in [2.45, 2.75) is 31.3 Å². The first-order chi connectivity index (χ1) is 12.6. The normalized spacial score (nSPS) is 16.3. The molecule has 3 rings (SSSR count). The zero-order valence-electron chi connectivity index (χ0n) is 14.7. The molecule has 2 amide bonds. The van der Waals surface area contributed by atoms with E-state index < -0.39 is 0 Å². The molecule has 0 bridgehead atoms. The Morgan fingerprint density at radius 2 is 1.96 bits per heavy atom. The fourth-order valence-electron chi connectivity index (χ4n) is 3.26. The summed E-state index contributed by atoms with van der Waals surface area (Å²) in [5, 5.41) is 10.5. The highest BCUT2D eigenvalue weighted by Crippen LogP contribution is 2.36. The number of carbonyl (C=O) groups is 2. The monoisotopic (exact) mass is 374 g/mol. The van der Waals surface area contributed by atoms with Crippen LogP contribution in [0, 0.1) is 0 Å². The molecule has 1 aliphatic rings. The van der Waals surface area contributed by atoms with Crippen molar-refractivity contribution < 1.29 is 14.3 Å². The van der Waals surface area contributed by atoms with Crippen LogP contribution in [0.2, 0.25) is 0 Å². The second kappa shape index (κ2) is 8.37. The Kier molecular flexibility index (Phi) is 5.95. The smallest absolute Gasteiger partial charge is 0.226 e. The Balaban J connectivity index is 1.49. The summed E-state index contributed by atoms with van der Waals surface area (Å²) < 4.78 is 5.84. The molecule has 1 N–H and O–H groups in total. The third-order valence-corrected chi connectivity index (χ3v) is 5.39. The Bertz CT molecular complexity index is 728. The number of ether oxygens (including phenoxy) is 1. The van der Waals surface area contributed by atoms with Crippen LogP contribution in [-0.2, 0) is 19.9 Å².